The van der Waals surface area contributed by atoms with Crippen molar-refractivity contribution in [2.75, 3.05) is 5.75 Å². The number of rotatable bonds is 5. The molecule has 6 nitrogen and oxygen atoms in total. The molecule has 23 heavy (non-hydrogen) atoms. The predicted octanol–water partition coefficient (Wildman–Crippen LogP) is 2.80. The minimum Gasteiger partial charge on any atom is -0.421 e. The fourth-order valence-corrected chi connectivity index (χ4v) is 3.30. The van der Waals surface area contributed by atoms with E-state index in [1.807, 2.05) is 0 Å². The largest absolute Gasteiger partial charge is 0.421 e. The number of nitrogens with zero attached hydrogens (tertiary/aromatic N) is 3. The molecule has 8 heteroatoms. The molecule has 1 aromatic carbocycles. The first kappa shape index (κ1) is 15.6. The highest BCUT2D eigenvalue weighted by atomic mass is 35.5. The Hall–Kier alpha value is -2.25. The van der Waals surface area contributed by atoms with Crippen LogP contribution in [0.1, 0.15) is 5.89 Å². The van der Waals surface area contributed by atoms with Gasteiger partial charge in [0.25, 0.3) is 0 Å². The molecule has 0 saturated heterocycles. The van der Waals surface area contributed by atoms with Crippen molar-refractivity contribution in [3.63, 3.8) is 0 Å². The average Bonchev–Trinajstić information content (AvgIpc) is 3.03. The summed E-state index contributed by atoms with van der Waals surface area (Å²) in [4.78, 5) is 4.13. The zero-order valence-corrected chi connectivity index (χ0v) is 13.5. The van der Waals surface area contributed by atoms with Crippen LogP contribution >= 0.6 is 11.6 Å². The van der Waals surface area contributed by atoms with Crippen LogP contribution < -0.4 is 0 Å². The van der Waals surface area contributed by atoms with Gasteiger partial charge in [-0.1, -0.05) is 11.6 Å². The molecule has 0 atom stereocenters. The number of halogens is 1. The second kappa shape index (κ2) is 6.47. The number of aryl methyl sites for hydroxylation is 1. The van der Waals surface area contributed by atoms with E-state index < -0.39 is 9.84 Å². The molecule has 0 aliphatic heterocycles. The van der Waals surface area contributed by atoms with E-state index in [1.54, 1.807) is 36.7 Å². The van der Waals surface area contributed by atoms with E-state index in [0.717, 1.165) is 5.56 Å². The van der Waals surface area contributed by atoms with E-state index in [4.69, 9.17) is 16.0 Å². The fraction of sp³-hybridized carbons (Fsp3) is 0.133. The molecule has 0 unspecified atom stereocenters. The third-order valence-electron chi connectivity index (χ3n) is 3.15. The first-order chi connectivity index (χ1) is 11.0. The van der Waals surface area contributed by atoms with Gasteiger partial charge in [-0.05, 0) is 36.4 Å². The van der Waals surface area contributed by atoms with Gasteiger partial charge in [0.15, 0.2) is 9.84 Å². The van der Waals surface area contributed by atoms with Crippen molar-refractivity contribution in [3.8, 4) is 11.5 Å². The standard InChI is InChI=1S/C15H12ClN3O3S/c16-12-1-3-13(4-2-12)23(20,21)10-7-14-18-19-15(22-14)11-5-8-17-9-6-11/h1-6,8-9H,7,10H2. The quantitative estimate of drug-likeness (QED) is 0.704. The van der Waals surface area contributed by atoms with Crippen molar-refractivity contribution in [3.05, 3.63) is 59.7 Å². The predicted molar refractivity (Wildman–Crippen MR) is 84.7 cm³/mol. The molecule has 0 spiro atoms. The smallest absolute Gasteiger partial charge is 0.247 e. The highest BCUT2D eigenvalue weighted by Crippen LogP contribution is 2.19. The second-order valence-electron chi connectivity index (χ2n) is 4.76. The Bertz CT molecular complexity index is 893. The maximum absolute atomic E-state index is 12.3. The summed E-state index contributed by atoms with van der Waals surface area (Å²) in [6, 6.07) is 9.52. The van der Waals surface area contributed by atoms with Gasteiger partial charge in [0.2, 0.25) is 11.8 Å². The van der Waals surface area contributed by atoms with Gasteiger partial charge >= 0.3 is 0 Å². The van der Waals surface area contributed by atoms with Crippen molar-refractivity contribution in [2.45, 2.75) is 11.3 Å². The number of hydrogen-bond donors (Lipinski definition) is 0. The summed E-state index contributed by atoms with van der Waals surface area (Å²) in [6.45, 7) is 0. The van der Waals surface area contributed by atoms with Crippen LogP contribution in [-0.2, 0) is 16.3 Å². The minimum atomic E-state index is -3.43. The molecule has 0 radical (unpaired) electrons. The van der Waals surface area contributed by atoms with Crippen molar-refractivity contribution in [2.24, 2.45) is 0 Å². The first-order valence-electron chi connectivity index (χ1n) is 6.76. The Morgan fingerprint density at radius 3 is 2.39 bits per heavy atom. The van der Waals surface area contributed by atoms with Gasteiger partial charge < -0.3 is 4.42 Å². The molecular weight excluding hydrogens is 338 g/mol. The zero-order chi connectivity index (χ0) is 16.3. The lowest BCUT2D eigenvalue weighted by Gasteiger charge is -2.02. The Balaban J connectivity index is 1.71. The molecule has 0 aliphatic rings. The number of pyridine rings is 1. The summed E-state index contributed by atoms with van der Waals surface area (Å²) >= 11 is 5.76. The topological polar surface area (TPSA) is 86.0 Å². The molecular formula is C15H12ClN3O3S. The molecule has 0 saturated carbocycles. The SMILES string of the molecule is O=S(=O)(CCc1nnc(-c2ccncc2)o1)c1ccc(Cl)cc1. The van der Waals surface area contributed by atoms with Crippen LogP contribution in [0.25, 0.3) is 11.5 Å². The molecule has 3 rings (SSSR count). The Labute approximate surface area is 138 Å². The van der Waals surface area contributed by atoms with Crippen LogP contribution in [0.15, 0.2) is 58.1 Å². The lowest BCUT2D eigenvalue weighted by Crippen LogP contribution is -2.09. The molecule has 2 aromatic heterocycles. The molecule has 118 valence electrons. The molecule has 0 aliphatic carbocycles. The van der Waals surface area contributed by atoms with Crippen LogP contribution in [-0.4, -0.2) is 29.4 Å². The maximum Gasteiger partial charge on any atom is 0.247 e. The van der Waals surface area contributed by atoms with Gasteiger partial charge in [0.05, 0.1) is 10.6 Å². The van der Waals surface area contributed by atoms with E-state index in [1.165, 1.54) is 12.1 Å². The fourth-order valence-electron chi connectivity index (χ4n) is 1.95. The molecule has 0 bridgehead atoms. The Morgan fingerprint density at radius 1 is 1.00 bits per heavy atom. The lowest BCUT2D eigenvalue weighted by molar-refractivity contribution is 0.510. The lowest BCUT2D eigenvalue weighted by atomic mass is 10.3. The number of hydrogen-bond acceptors (Lipinski definition) is 6. The summed E-state index contributed by atoms with van der Waals surface area (Å²) in [5, 5.41) is 8.28. The van der Waals surface area contributed by atoms with Gasteiger partial charge in [-0.3, -0.25) is 4.98 Å². The third-order valence-corrected chi connectivity index (χ3v) is 5.14. The van der Waals surface area contributed by atoms with Gasteiger partial charge in [0.1, 0.15) is 0 Å². The number of aromatic nitrogens is 3. The van der Waals surface area contributed by atoms with Gasteiger partial charge in [-0.15, -0.1) is 10.2 Å². The summed E-state index contributed by atoms with van der Waals surface area (Å²) in [5.74, 6) is 0.493. The first-order valence-corrected chi connectivity index (χ1v) is 8.79. The molecule has 0 amide bonds. The number of sulfone groups is 1. The number of benzene rings is 1. The van der Waals surface area contributed by atoms with Gasteiger partial charge in [0, 0.05) is 29.4 Å². The average molecular weight is 350 g/mol. The summed E-state index contributed by atoms with van der Waals surface area (Å²) < 4.78 is 30.0. The highest BCUT2D eigenvalue weighted by Gasteiger charge is 2.17. The maximum atomic E-state index is 12.3. The van der Waals surface area contributed by atoms with E-state index >= 15 is 0 Å². The summed E-state index contributed by atoms with van der Waals surface area (Å²) in [6.07, 6.45) is 3.37. The Kier molecular flexibility index (Phi) is 4.40. The Morgan fingerprint density at radius 2 is 1.70 bits per heavy atom. The van der Waals surface area contributed by atoms with Crippen LogP contribution in [0.5, 0.6) is 0 Å². The summed E-state index contributed by atoms with van der Waals surface area (Å²) in [7, 11) is -3.43. The van der Waals surface area contributed by atoms with Crippen molar-refractivity contribution in [1.82, 2.24) is 15.2 Å². The molecule has 0 N–H and O–H groups in total. The van der Waals surface area contributed by atoms with Gasteiger partial charge in [-0.25, -0.2) is 8.42 Å². The van der Waals surface area contributed by atoms with Crippen molar-refractivity contribution < 1.29 is 12.8 Å². The van der Waals surface area contributed by atoms with E-state index in [0.29, 0.717) is 10.9 Å². The highest BCUT2D eigenvalue weighted by molar-refractivity contribution is 7.91. The minimum absolute atomic E-state index is 0.118. The zero-order valence-electron chi connectivity index (χ0n) is 11.9. The summed E-state index contributed by atoms with van der Waals surface area (Å²) in [5.41, 5.74) is 0.735. The molecule has 0 fully saturated rings. The molecule has 2 heterocycles. The van der Waals surface area contributed by atoms with Crippen LogP contribution in [0.4, 0.5) is 0 Å². The normalized spacial score (nSPS) is 11.5. The van der Waals surface area contributed by atoms with Crippen molar-refractivity contribution >= 4 is 21.4 Å². The van der Waals surface area contributed by atoms with Crippen LogP contribution in [0.3, 0.4) is 0 Å². The molecule has 3 aromatic rings. The second-order valence-corrected chi connectivity index (χ2v) is 7.31. The van der Waals surface area contributed by atoms with Crippen molar-refractivity contribution in [1.29, 1.82) is 0 Å². The third kappa shape index (κ3) is 3.75. The van der Waals surface area contributed by atoms with E-state index in [9.17, 15) is 8.42 Å². The van der Waals surface area contributed by atoms with Crippen LogP contribution in [0.2, 0.25) is 5.02 Å². The monoisotopic (exact) mass is 349 g/mol. The van der Waals surface area contributed by atoms with E-state index in [-0.39, 0.29) is 23.0 Å². The van der Waals surface area contributed by atoms with E-state index in [2.05, 4.69) is 15.2 Å². The van der Waals surface area contributed by atoms with Crippen LogP contribution in [0, 0.1) is 0 Å². The van der Waals surface area contributed by atoms with Gasteiger partial charge in [-0.2, -0.15) is 0 Å².